The van der Waals surface area contributed by atoms with Crippen molar-refractivity contribution in [1.29, 1.82) is 0 Å². The fraction of sp³-hybridized carbons (Fsp3) is 0.571. The van der Waals surface area contributed by atoms with Gasteiger partial charge >= 0.3 is 0 Å². The van der Waals surface area contributed by atoms with E-state index in [9.17, 15) is 5.11 Å². The molecule has 3 unspecified atom stereocenters. The molecule has 0 fully saturated rings. The van der Waals surface area contributed by atoms with Gasteiger partial charge in [0.15, 0.2) is 0 Å². The maximum absolute atomic E-state index is 10.1. The number of aliphatic hydroxyl groups is 1. The minimum absolute atomic E-state index is 0.105. The van der Waals surface area contributed by atoms with Crippen LogP contribution in [0.15, 0.2) is 30.3 Å². The van der Waals surface area contributed by atoms with Gasteiger partial charge in [-0.1, -0.05) is 44.2 Å². The van der Waals surface area contributed by atoms with Gasteiger partial charge in [-0.15, -0.1) is 0 Å². The van der Waals surface area contributed by atoms with Crippen LogP contribution in [0.25, 0.3) is 0 Å². The molecule has 2 nitrogen and oxygen atoms in total. The molecule has 0 amide bonds. The highest BCUT2D eigenvalue weighted by Crippen LogP contribution is 2.16. The van der Waals surface area contributed by atoms with Crippen molar-refractivity contribution in [2.75, 3.05) is 0 Å². The average molecular weight is 253 g/mol. The second-order valence-corrected chi connectivity index (χ2v) is 5.70. The molecule has 0 saturated carbocycles. The molecule has 0 spiro atoms. The van der Waals surface area contributed by atoms with E-state index in [1.54, 1.807) is 0 Å². The quantitative estimate of drug-likeness (QED) is 0.681. The SMILES string of the molecule is CC(C)CC(N)C(O)C(S)Cc1ccccc1. The lowest BCUT2D eigenvalue weighted by Crippen LogP contribution is -2.42. The van der Waals surface area contributed by atoms with Gasteiger partial charge in [-0.3, -0.25) is 0 Å². The van der Waals surface area contributed by atoms with Crippen molar-refractivity contribution < 1.29 is 5.11 Å². The Morgan fingerprint density at radius 2 is 1.82 bits per heavy atom. The topological polar surface area (TPSA) is 46.2 Å². The standard InChI is InChI=1S/C14H23NOS/c1-10(2)8-12(15)14(16)13(17)9-11-6-4-3-5-7-11/h3-7,10,12-14,16-17H,8-9,15H2,1-2H3. The number of rotatable bonds is 6. The molecule has 0 aliphatic carbocycles. The molecule has 0 radical (unpaired) electrons. The summed E-state index contributed by atoms with van der Waals surface area (Å²) in [5.41, 5.74) is 7.16. The molecule has 0 bridgehead atoms. The van der Waals surface area contributed by atoms with Crippen molar-refractivity contribution in [1.82, 2.24) is 0 Å². The molecule has 3 N–H and O–H groups in total. The van der Waals surface area contributed by atoms with Gasteiger partial charge in [-0.25, -0.2) is 0 Å². The van der Waals surface area contributed by atoms with E-state index in [0.29, 0.717) is 5.92 Å². The highest BCUT2D eigenvalue weighted by molar-refractivity contribution is 7.81. The van der Waals surface area contributed by atoms with Crippen LogP contribution in [0.2, 0.25) is 0 Å². The Balaban J connectivity index is 2.49. The monoisotopic (exact) mass is 253 g/mol. The van der Waals surface area contributed by atoms with Crippen LogP contribution >= 0.6 is 12.6 Å². The van der Waals surface area contributed by atoms with Gasteiger partial charge in [0, 0.05) is 11.3 Å². The zero-order chi connectivity index (χ0) is 12.8. The van der Waals surface area contributed by atoms with Crippen LogP contribution in [0.3, 0.4) is 0 Å². The Hall–Kier alpha value is -0.510. The van der Waals surface area contributed by atoms with Crippen molar-refractivity contribution in [3.8, 4) is 0 Å². The minimum Gasteiger partial charge on any atom is -0.390 e. The summed E-state index contributed by atoms with van der Waals surface area (Å²) in [5, 5.41) is 9.99. The molecule has 3 atom stereocenters. The Labute approximate surface area is 110 Å². The van der Waals surface area contributed by atoms with Crippen LogP contribution in [0.4, 0.5) is 0 Å². The smallest absolute Gasteiger partial charge is 0.0810 e. The summed E-state index contributed by atoms with van der Waals surface area (Å²) in [7, 11) is 0. The van der Waals surface area contributed by atoms with E-state index in [2.05, 4.69) is 26.5 Å². The third-order valence-corrected chi connectivity index (χ3v) is 3.35. The van der Waals surface area contributed by atoms with Crippen LogP contribution in [-0.4, -0.2) is 22.5 Å². The van der Waals surface area contributed by atoms with E-state index in [-0.39, 0.29) is 11.3 Å². The highest BCUT2D eigenvalue weighted by atomic mass is 32.1. The van der Waals surface area contributed by atoms with Crippen LogP contribution in [0.5, 0.6) is 0 Å². The summed E-state index contributed by atoms with van der Waals surface area (Å²) < 4.78 is 0. The molecule has 1 rings (SSSR count). The zero-order valence-corrected chi connectivity index (χ0v) is 11.5. The van der Waals surface area contributed by atoms with Crippen LogP contribution < -0.4 is 5.73 Å². The normalized spacial score (nSPS) is 16.8. The zero-order valence-electron chi connectivity index (χ0n) is 10.6. The Bertz CT molecular complexity index is 315. The predicted octanol–water partition coefficient (Wildman–Crippen LogP) is 2.26. The first kappa shape index (κ1) is 14.6. The van der Waals surface area contributed by atoms with Gasteiger partial charge in [0.2, 0.25) is 0 Å². The predicted molar refractivity (Wildman–Crippen MR) is 76.4 cm³/mol. The Kier molecular flexibility index (Phi) is 6.03. The molecule has 0 aliphatic rings. The summed E-state index contributed by atoms with van der Waals surface area (Å²) >= 11 is 4.47. The molecule has 1 aromatic rings. The summed E-state index contributed by atoms with van der Waals surface area (Å²) in [6.07, 6.45) is 1.02. The number of hydrogen-bond acceptors (Lipinski definition) is 3. The molecule has 0 saturated heterocycles. The maximum atomic E-state index is 10.1. The van der Waals surface area contributed by atoms with Crippen molar-refractivity contribution in [2.45, 2.75) is 44.1 Å². The number of aliphatic hydroxyl groups excluding tert-OH is 1. The second-order valence-electron chi connectivity index (χ2n) is 5.04. The van der Waals surface area contributed by atoms with Crippen molar-refractivity contribution in [3.05, 3.63) is 35.9 Å². The largest absolute Gasteiger partial charge is 0.390 e. The number of nitrogens with two attached hydrogens (primary N) is 1. The average Bonchev–Trinajstić information content (AvgIpc) is 2.28. The van der Waals surface area contributed by atoms with E-state index in [4.69, 9.17) is 5.73 Å². The van der Waals surface area contributed by atoms with Gasteiger partial charge in [-0.05, 0) is 24.3 Å². The second kappa shape index (κ2) is 7.04. The maximum Gasteiger partial charge on any atom is 0.0810 e. The number of thiol groups is 1. The Morgan fingerprint density at radius 1 is 1.24 bits per heavy atom. The summed E-state index contributed by atoms with van der Waals surface area (Å²) in [5.74, 6) is 0.497. The van der Waals surface area contributed by atoms with Gasteiger partial charge in [0.25, 0.3) is 0 Å². The van der Waals surface area contributed by atoms with Gasteiger partial charge in [0.05, 0.1) is 6.10 Å². The number of hydrogen-bond donors (Lipinski definition) is 3. The molecule has 96 valence electrons. The molecule has 0 heterocycles. The first-order valence-electron chi connectivity index (χ1n) is 6.16. The van der Waals surface area contributed by atoms with E-state index in [1.807, 2.05) is 30.3 Å². The minimum atomic E-state index is -0.555. The Morgan fingerprint density at radius 3 is 2.35 bits per heavy atom. The van der Waals surface area contributed by atoms with Crippen molar-refractivity contribution in [3.63, 3.8) is 0 Å². The van der Waals surface area contributed by atoms with Crippen LogP contribution in [-0.2, 0) is 6.42 Å². The molecule has 3 heteroatoms. The summed E-state index contributed by atoms with van der Waals surface area (Å²) in [6.45, 7) is 4.22. The summed E-state index contributed by atoms with van der Waals surface area (Å²) in [4.78, 5) is 0. The fourth-order valence-corrected chi connectivity index (χ4v) is 2.38. The van der Waals surface area contributed by atoms with Gasteiger partial charge < -0.3 is 10.8 Å². The number of benzene rings is 1. The van der Waals surface area contributed by atoms with Crippen LogP contribution in [0.1, 0.15) is 25.8 Å². The lowest BCUT2D eigenvalue weighted by Gasteiger charge is -2.25. The molecule has 1 aromatic carbocycles. The lowest BCUT2D eigenvalue weighted by atomic mass is 9.95. The van der Waals surface area contributed by atoms with Gasteiger partial charge in [-0.2, -0.15) is 12.6 Å². The summed E-state index contributed by atoms with van der Waals surface area (Å²) in [6, 6.07) is 9.87. The van der Waals surface area contributed by atoms with E-state index < -0.39 is 6.10 Å². The molecule has 0 aliphatic heterocycles. The first-order valence-corrected chi connectivity index (χ1v) is 6.68. The molecule has 17 heavy (non-hydrogen) atoms. The molecule has 0 aromatic heterocycles. The van der Waals surface area contributed by atoms with Crippen LogP contribution in [0, 0.1) is 5.92 Å². The molecular weight excluding hydrogens is 230 g/mol. The van der Waals surface area contributed by atoms with Crippen molar-refractivity contribution in [2.24, 2.45) is 11.7 Å². The van der Waals surface area contributed by atoms with E-state index >= 15 is 0 Å². The fourth-order valence-electron chi connectivity index (χ4n) is 1.95. The third-order valence-electron chi connectivity index (χ3n) is 2.86. The van der Waals surface area contributed by atoms with E-state index in [1.165, 1.54) is 5.56 Å². The van der Waals surface area contributed by atoms with E-state index in [0.717, 1.165) is 12.8 Å². The highest BCUT2D eigenvalue weighted by Gasteiger charge is 2.23. The third kappa shape index (κ3) is 5.11. The lowest BCUT2D eigenvalue weighted by molar-refractivity contribution is 0.131. The van der Waals surface area contributed by atoms with Gasteiger partial charge in [0.1, 0.15) is 0 Å². The van der Waals surface area contributed by atoms with Crippen molar-refractivity contribution >= 4 is 12.6 Å². The first-order chi connectivity index (χ1) is 8.00. The molecular formula is C14H23NOS.